The Balaban J connectivity index is 1.83. The molecular weight excluding hydrogens is 174 g/mol. The van der Waals surface area contributed by atoms with Gasteiger partial charge in [0.25, 0.3) is 0 Å². The minimum absolute atomic E-state index is 0.219. The predicted octanol–water partition coefficient (Wildman–Crippen LogP) is 0.854. The van der Waals surface area contributed by atoms with Gasteiger partial charge in [0.2, 0.25) is 10.0 Å². The highest BCUT2D eigenvalue weighted by molar-refractivity contribution is 7.89. The lowest BCUT2D eigenvalue weighted by Crippen LogP contribution is -2.44. The van der Waals surface area contributed by atoms with Gasteiger partial charge in [-0.15, -0.1) is 0 Å². The highest BCUT2D eigenvalue weighted by Gasteiger charge is 2.42. The number of hydrogen-bond donors (Lipinski definition) is 1. The minimum Gasteiger partial charge on any atom is -0.228 e. The van der Waals surface area contributed by atoms with E-state index in [1.807, 2.05) is 0 Å². The molecule has 3 nitrogen and oxygen atoms in total. The van der Waals surface area contributed by atoms with Crippen molar-refractivity contribution in [2.45, 2.75) is 37.4 Å². The Bertz CT molecular complexity index is 263. The molecule has 0 amide bonds. The number of sulfonamides is 1. The number of primary sulfonamides is 1. The maximum absolute atomic E-state index is 10.9. The van der Waals surface area contributed by atoms with Crippen molar-refractivity contribution in [3.8, 4) is 0 Å². The van der Waals surface area contributed by atoms with Crippen LogP contribution in [-0.2, 0) is 10.0 Å². The molecule has 70 valence electrons. The van der Waals surface area contributed by atoms with Crippen molar-refractivity contribution in [3.05, 3.63) is 0 Å². The Morgan fingerprint density at radius 1 is 1.08 bits per heavy atom. The fourth-order valence-electron chi connectivity index (χ4n) is 2.17. The summed E-state index contributed by atoms with van der Waals surface area (Å²) in [4.78, 5) is 0. The van der Waals surface area contributed by atoms with E-state index in [-0.39, 0.29) is 5.25 Å². The van der Waals surface area contributed by atoms with E-state index in [1.165, 1.54) is 19.3 Å². The summed E-state index contributed by atoms with van der Waals surface area (Å²) in [6.07, 6.45) is 5.60. The molecule has 12 heavy (non-hydrogen) atoms. The van der Waals surface area contributed by atoms with Crippen molar-refractivity contribution in [3.63, 3.8) is 0 Å². The largest absolute Gasteiger partial charge is 0.228 e. The molecule has 2 aliphatic rings. The second-order valence-electron chi connectivity index (χ2n) is 4.13. The summed E-state index contributed by atoms with van der Waals surface area (Å²) in [5.74, 6) is 1.49. The molecule has 2 aliphatic carbocycles. The van der Waals surface area contributed by atoms with Crippen LogP contribution >= 0.6 is 0 Å². The lowest BCUT2D eigenvalue weighted by molar-refractivity contribution is 0.132. The Hall–Kier alpha value is -0.0900. The van der Waals surface area contributed by atoms with Gasteiger partial charge in [0.1, 0.15) is 0 Å². The molecule has 0 bridgehead atoms. The third-order valence-corrected chi connectivity index (χ3v) is 4.73. The standard InChI is InChI=1S/C8H15NO2S/c9-12(10,11)8-4-7(5-8)6-2-1-3-6/h6-8H,1-5H2,(H2,9,10,11). The molecule has 2 fully saturated rings. The predicted molar refractivity (Wildman–Crippen MR) is 47.0 cm³/mol. The maximum atomic E-state index is 10.9. The highest BCUT2D eigenvalue weighted by atomic mass is 32.2. The topological polar surface area (TPSA) is 60.2 Å². The van der Waals surface area contributed by atoms with E-state index in [4.69, 9.17) is 5.14 Å². The summed E-state index contributed by atoms with van der Waals surface area (Å²) in [7, 11) is -3.22. The van der Waals surface area contributed by atoms with Gasteiger partial charge < -0.3 is 0 Å². The van der Waals surface area contributed by atoms with Crippen LogP contribution in [0.15, 0.2) is 0 Å². The van der Waals surface area contributed by atoms with E-state index in [2.05, 4.69) is 0 Å². The second kappa shape index (κ2) is 2.70. The van der Waals surface area contributed by atoms with E-state index < -0.39 is 10.0 Å². The van der Waals surface area contributed by atoms with Crippen LogP contribution in [0.25, 0.3) is 0 Å². The zero-order valence-electron chi connectivity index (χ0n) is 7.07. The smallest absolute Gasteiger partial charge is 0.211 e. The van der Waals surface area contributed by atoms with Gasteiger partial charge in [0, 0.05) is 0 Å². The van der Waals surface area contributed by atoms with Gasteiger partial charge in [-0.1, -0.05) is 19.3 Å². The molecule has 0 aliphatic heterocycles. The number of nitrogens with two attached hydrogens (primary N) is 1. The zero-order valence-corrected chi connectivity index (χ0v) is 7.89. The first-order valence-corrected chi connectivity index (χ1v) is 6.20. The van der Waals surface area contributed by atoms with Crippen LogP contribution in [0, 0.1) is 11.8 Å². The third-order valence-electron chi connectivity index (χ3n) is 3.41. The fourth-order valence-corrected chi connectivity index (χ4v) is 3.20. The van der Waals surface area contributed by atoms with Gasteiger partial charge in [0.15, 0.2) is 0 Å². The van der Waals surface area contributed by atoms with E-state index in [0.717, 1.165) is 18.8 Å². The summed E-state index contributed by atoms with van der Waals surface area (Å²) < 4.78 is 21.7. The first-order chi connectivity index (χ1) is 5.57. The van der Waals surface area contributed by atoms with Crippen LogP contribution in [0.5, 0.6) is 0 Å². The van der Waals surface area contributed by atoms with E-state index in [9.17, 15) is 8.42 Å². The summed E-state index contributed by atoms with van der Waals surface area (Å²) in [6.45, 7) is 0. The van der Waals surface area contributed by atoms with E-state index in [0.29, 0.717) is 5.92 Å². The van der Waals surface area contributed by atoms with Crippen molar-refractivity contribution >= 4 is 10.0 Å². The first-order valence-electron chi connectivity index (χ1n) is 4.59. The molecule has 4 heteroatoms. The molecule has 0 unspecified atom stereocenters. The van der Waals surface area contributed by atoms with E-state index >= 15 is 0 Å². The maximum Gasteiger partial charge on any atom is 0.211 e. The van der Waals surface area contributed by atoms with Crippen molar-refractivity contribution in [2.75, 3.05) is 0 Å². The molecule has 0 aromatic rings. The molecular formula is C8H15NO2S. The van der Waals surface area contributed by atoms with Crippen molar-refractivity contribution in [2.24, 2.45) is 17.0 Å². The monoisotopic (exact) mass is 189 g/mol. The Morgan fingerprint density at radius 2 is 1.67 bits per heavy atom. The zero-order chi connectivity index (χ0) is 8.77. The van der Waals surface area contributed by atoms with Crippen LogP contribution in [-0.4, -0.2) is 13.7 Å². The third kappa shape index (κ3) is 1.38. The molecule has 0 aromatic carbocycles. The van der Waals surface area contributed by atoms with Crippen LogP contribution in [0.4, 0.5) is 0 Å². The second-order valence-corrected chi connectivity index (χ2v) is 5.98. The molecule has 0 heterocycles. The number of rotatable bonds is 2. The van der Waals surface area contributed by atoms with Crippen LogP contribution in [0.3, 0.4) is 0 Å². The average Bonchev–Trinajstić information content (AvgIpc) is 1.67. The van der Waals surface area contributed by atoms with Gasteiger partial charge in [-0.3, -0.25) is 0 Å². The quantitative estimate of drug-likeness (QED) is 0.700. The van der Waals surface area contributed by atoms with Crippen LogP contribution < -0.4 is 5.14 Å². The van der Waals surface area contributed by atoms with Gasteiger partial charge in [0.05, 0.1) is 5.25 Å². The van der Waals surface area contributed by atoms with Crippen molar-refractivity contribution in [1.29, 1.82) is 0 Å². The van der Waals surface area contributed by atoms with Gasteiger partial charge in [-0.2, -0.15) is 0 Å². The molecule has 0 aromatic heterocycles. The van der Waals surface area contributed by atoms with Crippen LogP contribution in [0.1, 0.15) is 32.1 Å². The molecule has 0 atom stereocenters. The SMILES string of the molecule is NS(=O)(=O)C1CC(C2CCC2)C1. The summed E-state index contributed by atoms with van der Waals surface area (Å²) in [5.41, 5.74) is 0. The van der Waals surface area contributed by atoms with Crippen LogP contribution in [0.2, 0.25) is 0 Å². The van der Waals surface area contributed by atoms with Crippen molar-refractivity contribution < 1.29 is 8.42 Å². The van der Waals surface area contributed by atoms with Gasteiger partial charge >= 0.3 is 0 Å². The molecule has 2 rings (SSSR count). The van der Waals surface area contributed by atoms with Gasteiger partial charge in [-0.25, -0.2) is 13.6 Å². The highest BCUT2D eigenvalue weighted by Crippen LogP contribution is 2.45. The van der Waals surface area contributed by atoms with E-state index in [1.54, 1.807) is 0 Å². The Kier molecular flexibility index (Phi) is 1.92. The first kappa shape index (κ1) is 8.51. The summed E-state index contributed by atoms with van der Waals surface area (Å²) in [5, 5.41) is 4.82. The molecule has 0 radical (unpaired) electrons. The fraction of sp³-hybridized carbons (Fsp3) is 1.00. The normalized spacial score (nSPS) is 37.1. The molecule has 2 N–H and O–H groups in total. The number of hydrogen-bond acceptors (Lipinski definition) is 2. The Morgan fingerprint density at radius 3 is 2.00 bits per heavy atom. The molecule has 2 saturated carbocycles. The summed E-state index contributed by atoms with van der Waals surface area (Å²) >= 11 is 0. The summed E-state index contributed by atoms with van der Waals surface area (Å²) in [6, 6.07) is 0. The van der Waals surface area contributed by atoms with Crippen molar-refractivity contribution in [1.82, 2.24) is 0 Å². The lowest BCUT2D eigenvalue weighted by atomic mass is 9.67. The average molecular weight is 189 g/mol. The Labute approximate surface area is 73.4 Å². The van der Waals surface area contributed by atoms with Gasteiger partial charge in [-0.05, 0) is 24.7 Å². The lowest BCUT2D eigenvalue weighted by Gasteiger charge is -2.43. The molecule has 0 saturated heterocycles. The molecule has 0 spiro atoms. The minimum atomic E-state index is -3.22.